The highest BCUT2D eigenvalue weighted by Crippen LogP contribution is 2.42. The molecule has 1 aliphatic rings. The van der Waals surface area contributed by atoms with Crippen LogP contribution in [0.25, 0.3) is 38.6 Å². The maximum absolute atomic E-state index is 6.33. The number of rotatable bonds is 2. The summed E-state index contributed by atoms with van der Waals surface area (Å²) in [5.74, 6) is 0. The summed E-state index contributed by atoms with van der Waals surface area (Å²) in [6, 6.07) is 26.3. The van der Waals surface area contributed by atoms with Crippen LogP contribution in [0.3, 0.4) is 0 Å². The summed E-state index contributed by atoms with van der Waals surface area (Å²) in [5, 5.41) is 3.42. The number of fused-ring (bicyclic) bond motifs is 5. The van der Waals surface area contributed by atoms with Crippen LogP contribution in [0.15, 0.2) is 114 Å². The summed E-state index contributed by atoms with van der Waals surface area (Å²) >= 11 is 12.4. The van der Waals surface area contributed by atoms with Gasteiger partial charge in [0.2, 0.25) is 0 Å². The third-order valence-electron chi connectivity index (χ3n) is 6.09. The van der Waals surface area contributed by atoms with E-state index in [1.165, 1.54) is 0 Å². The lowest BCUT2D eigenvalue weighted by atomic mass is 9.98. The van der Waals surface area contributed by atoms with E-state index in [1.807, 2.05) is 76.3 Å². The molecule has 0 bridgehead atoms. The summed E-state index contributed by atoms with van der Waals surface area (Å²) in [6.45, 7) is 12.3. The van der Waals surface area contributed by atoms with Crippen LogP contribution in [-0.2, 0) is 0 Å². The average molecular weight is 541 g/mol. The van der Waals surface area contributed by atoms with Crippen molar-refractivity contribution in [1.82, 2.24) is 0 Å². The third-order valence-corrected chi connectivity index (χ3v) is 6.53. The number of allylic oxidation sites excluding steroid dienone is 4. The first-order valence-electron chi connectivity index (χ1n) is 12.9. The predicted molar refractivity (Wildman–Crippen MR) is 168 cm³/mol. The van der Waals surface area contributed by atoms with Crippen molar-refractivity contribution in [3.8, 4) is 11.1 Å². The Morgan fingerprint density at radius 2 is 1.39 bits per heavy atom. The van der Waals surface area contributed by atoms with Gasteiger partial charge in [-0.2, -0.15) is 0 Å². The lowest BCUT2D eigenvalue weighted by Gasteiger charge is -2.25. The molecule has 4 heteroatoms. The molecule has 4 aromatic carbocycles. The maximum Gasteiger partial charge on any atom is 0.145 e. The SMILES string of the molecule is C=C1/C=C\C=C/N(c2ccc(-c3cc(Cl)cc(Cl)c3)cc2)c2ccc3c(oc4ccccc43)c21.CC.CC. The zero-order valence-electron chi connectivity index (χ0n) is 22.1. The summed E-state index contributed by atoms with van der Waals surface area (Å²) in [6.07, 6.45) is 8.09. The highest BCUT2D eigenvalue weighted by molar-refractivity contribution is 6.35. The van der Waals surface area contributed by atoms with Gasteiger partial charge in [0.05, 0.1) is 5.69 Å². The van der Waals surface area contributed by atoms with Crippen LogP contribution >= 0.6 is 23.2 Å². The first-order chi connectivity index (χ1) is 18.6. The quantitative estimate of drug-likeness (QED) is 0.221. The molecular weight excluding hydrogens is 509 g/mol. The number of hydrogen-bond donors (Lipinski definition) is 0. The van der Waals surface area contributed by atoms with Crippen LogP contribution in [0.2, 0.25) is 10.0 Å². The van der Waals surface area contributed by atoms with Crippen LogP contribution in [-0.4, -0.2) is 0 Å². The molecule has 0 saturated heterocycles. The van der Waals surface area contributed by atoms with Crippen molar-refractivity contribution in [2.24, 2.45) is 0 Å². The van der Waals surface area contributed by atoms with Gasteiger partial charge in [-0.1, -0.05) is 100.0 Å². The zero-order valence-corrected chi connectivity index (χ0v) is 23.6. The minimum Gasteiger partial charge on any atom is -0.455 e. The standard InChI is InChI=1S/C30H19Cl2NO.2C2H6/c1-19-6-4-5-15-33(24-11-9-20(10-12-24)21-16-22(31)18-23(32)17-21)27-14-13-26-25-7-2-3-8-28(25)34-30(26)29(19)27;2*1-2/h2-18H,1H2;2*1-2H3/b6-4-,15-5-;;. The lowest BCUT2D eigenvalue weighted by molar-refractivity contribution is 0.668. The average Bonchev–Trinajstić information content (AvgIpc) is 3.32. The summed E-state index contributed by atoms with van der Waals surface area (Å²) < 4.78 is 6.33. The number of halogens is 2. The van der Waals surface area contributed by atoms with E-state index >= 15 is 0 Å². The monoisotopic (exact) mass is 539 g/mol. The van der Waals surface area contributed by atoms with Gasteiger partial charge >= 0.3 is 0 Å². The van der Waals surface area contributed by atoms with Crippen molar-refractivity contribution in [2.45, 2.75) is 27.7 Å². The van der Waals surface area contributed by atoms with Gasteiger partial charge in [-0.3, -0.25) is 0 Å². The lowest BCUT2D eigenvalue weighted by Crippen LogP contribution is -2.11. The van der Waals surface area contributed by atoms with Gasteiger partial charge in [0.15, 0.2) is 0 Å². The third kappa shape index (κ3) is 5.29. The van der Waals surface area contributed by atoms with Gasteiger partial charge in [-0.25, -0.2) is 0 Å². The van der Waals surface area contributed by atoms with Crippen LogP contribution in [0, 0.1) is 0 Å². The van der Waals surface area contributed by atoms with E-state index in [0.717, 1.165) is 55.6 Å². The Kier molecular flexibility index (Phi) is 8.78. The van der Waals surface area contributed by atoms with Crippen molar-refractivity contribution < 1.29 is 4.42 Å². The fourth-order valence-corrected chi connectivity index (χ4v) is 5.05. The van der Waals surface area contributed by atoms with E-state index in [0.29, 0.717) is 10.0 Å². The molecule has 1 aromatic heterocycles. The fourth-order valence-electron chi connectivity index (χ4n) is 4.52. The van der Waals surface area contributed by atoms with E-state index in [9.17, 15) is 0 Å². The Morgan fingerprint density at radius 1 is 0.711 bits per heavy atom. The van der Waals surface area contributed by atoms with Gasteiger partial charge in [0, 0.05) is 38.3 Å². The zero-order chi connectivity index (χ0) is 27.2. The smallest absolute Gasteiger partial charge is 0.145 e. The van der Waals surface area contributed by atoms with E-state index in [-0.39, 0.29) is 0 Å². The molecule has 0 aliphatic carbocycles. The van der Waals surface area contributed by atoms with Gasteiger partial charge in [0.25, 0.3) is 0 Å². The van der Waals surface area contributed by atoms with Crippen molar-refractivity contribution in [2.75, 3.05) is 4.90 Å². The molecule has 0 N–H and O–H groups in total. The van der Waals surface area contributed by atoms with Crippen LogP contribution in [0.4, 0.5) is 11.4 Å². The Morgan fingerprint density at radius 3 is 2.11 bits per heavy atom. The Bertz CT molecular complexity index is 1620. The number of furan rings is 1. The minimum atomic E-state index is 0.618. The second kappa shape index (κ2) is 12.2. The molecule has 5 aromatic rings. The largest absolute Gasteiger partial charge is 0.455 e. The van der Waals surface area contributed by atoms with Crippen LogP contribution in [0.1, 0.15) is 33.3 Å². The first-order valence-corrected chi connectivity index (χ1v) is 13.7. The molecule has 2 heterocycles. The van der Waals surface area contributed by atoms with E-state index < -0.39 is 0 Å². The molecule has 0 spiro atoms. The highest BCUT2D eigenvalue weighted by atomic mass is 35.5. The molecule has 0 saturated carbocycles. The summed E-state index contributed by atoms with van der Waals surface area (Å²) in [5.41, 5.74) is 7.66. The van der Waals surface area contributed by atoms with E-state index in [1.54, 1.807) is 6.07 Å². The summed E-state index contributed by atoms with van der Waals surface area (Å²) in [4.78, 5) is 2.16. The topological polar surface area (TPSA) is 16.4 Å². The number of nitrogens with zero attached hydrogens (tertiary/aromatic N) is 1. The second-order valence-corrected chi connectivity index (χ2v) is 9.11. The molecule has 0 atom stereocenters. The van der Waals surface area contributed by atoms with Gasteiger partial charge in [0.1, 0.15) is 11.2 Å². The molecule has 192 valence electrons. The maximum atomic E-state index is 6.33. The van der Waals surface area contributed by atoms with Gasteiger partial charge in [-0.05, 0) is 71.3 Å². The number of anilines is 2. The Labute approximate surface area is 235 Å². The first kappa shape index (κ1) is 27.3. The van der Waals surface area contributed by atoms with Crippen molar-refractivity contribution >= 4 is 62.1 Å². The second-order valence-electron chi connectivity index (χ2n) is 8.24. The van der Waals surface area contributed by atoms with Crippen LogP contribution in [0.5, 0.6) is 0 Å². The van der Waals surface area contributed by atoms with E-state index in [4.69, 9.17) is 27.6 Å². The number of para-hydroxylation sites is 1. The molecule has 0 amide bonds. The molecular formula is C34H31Cl2NO. The number of benzene rings is 4. The minimum absolute atomic E-state index is 0.618. The molecule has 6 rings (SSSR count). The normalized spacial score (nSPS) is 13.9. The summed E-state index contributed by atoms with van der Waals surface area (Å²) in [7, 11) is 0. The molecule has 0 radical (unpaired) electrons. The Hall–Kier alpha value is -3.72. The van der Waals surface area contributed by atoms with Gasteiger partial charge in [-0.15, -0.1) is 0 Å². The predicted octanol–water partition coefficient (Wildman–Crippen LogP) is 11.8. The van der Waals surface area contributed by atoms with Gasteiger partial charge < -0.3 is 9.32 Å². The fraction of sp³-hybridized carbons (Fsp3) is 0.118. The molecule has 38 heavy (non-hydrogen) atoms. The molecule has 2 nitrogen and oxygen atoms in total. The van der Waals surface area contributed by atoms with Crippen molar-refractivity contribution in [3.05, 3.63) is 125 Å². The molecule has 0 unspecified atom stereocenters. The van der Waals surface area contributed by atoms with E-state index in [2.05, 4.69) is 60.1 Å². The molecule has 0 fully saturated rings. The highest BCUT2D eigenvalue weighted by Gasteiger charge is 2.20. The van der Waals surface area contributed by atoms with Crippen molar-refractivity contribution in [1.29, 1.82) is 0 Å². The van der Waals surface area contributed by atoms with Crippen molar-refractivity contribution in [3.63, 3.8) is 0 Å². The Balaban J connectivity index is 0.000000804. The molecule has 1 aliphatic heterocycles. The van der Waals surface area contributed by atoms with Crippen LogP contribution < -0.4 is 4.90 Å². The number of hydrogen-bond acceptors (Lipinski definition) is 2.